The third kappa shape index (κ3) is 4.14. The van der Waals surface area contributed by atoms with Gasteiger partial charge in [-0.1, -0.05) is 18.7 Å². The van der Waals surface area contributed by atoms with E-state index in [1.54, 1.807) is 11.0 Å². The number of carbonyl (C=O) groups is 1. The van der Waals surface area contributed by atoms with Gasteiger partial charge >= 0.3 is 6.18 Å². The van der Waals surface area contributed by atoms with E-state index in [0.717, 1.165) is 6.07 Å². The minimum absolute atomic E-state index is 0.0725. The van der Waals surface area contributed by atoms with E-state index in [-0.39, 0.29) is 22.6 Å². The zero-order chi connectivity index (χ0) is 15.5. The molecule has 1 heterocycles. The molecule has 0 unspecified atom stereocenters. The molecule has 0 aromatic heterocycles. The highest BCUT2D eigenvalue weighted by molar-refractivity contribution is 8.00. The van der Waals surface area contributed by atoms with Crippen LogP contribution in [-0.2, 0) is 11.0 Å². The number of nitrogens with one attached hydrogen (secondary N) is 1. The first-order chi connectivity index (χ1) is 9.91. The molecule has 1 aliphatic rings. The Balaban J connectivity index is 2.00. The second-order valence-corrected chi connectivity index (χ2v) is 6.21. The van der Waals surface area contributed by atoms with Gasteiger partial charge in [0.05, 0.1) is 5.56 Å². The topological polar surface area (TPSA) is 44.1 Å². The van der Waals surface area contributed by atoms with E-state index < -0.39 is 11.7 Å². The molecule has 1 aromatic rings. The Morgan fingerprint density at radius 2 is 1.90 bits per heavy atom. The molecule has 3 nitrogen and oxygen atoms in total. The van der Waals surface area contributed by atoms with Crippen LogP contribution in [0.1, 0.15) is 18.4 Å². The Morgan fingerprint density at radius 3 is 2.48 bits per heavy atom. The maximum absolute atomic E-state index is 12.9. The first-order valence-corrected chi connectivity index (χ1v) is 7.55. The molecule has 1 amide bonds. The summed E-state index contributed by atoms with van der Waals surface area (Å²) in [6.45, 7) is 0.766. The van der Waals surface area contributed by atoms with E-state index in [2.05, 4.69) is 0 Å². The lowest BCUT2D eigenvalue weighted by Crippen LogP contribution is -2.40. The largest absolute Gasteiger partial charge is 0.670 e. The molecule has 0 atom stereocenters. The van der Waals surface area contributed by atoms with Gasteiger partial charge in [-0.2, -0.15) is 13.2 Å². The Kier molecular flexibility index (Phi) is 5.16. The number of rotatable bonds is 3. The predicted molar refractivity (Wildman–Crippen MR) is 76.1 cm³/mol. The van der Waals surface area contributed by atoms with Crippen LogP contribution in [0.5, 0.6) is 0 Å². The van der Waals surface area contributed by atoms with Crippen molar-refractivity contribution in [1.82, 2.24) is 4.90 Å². The zero-order valence-electron chi connectivity index (χ0n) is 11.3. The smallest absolute Gasteiger partial charge is 0.417 e. The van der Waals surface area contributed by atoms with Gasteiger partial charge in [0.15, 0.2) is 0 Å². The summed E-state index contributed by atoms with van der Waals surface area (Å²) in [6, 6.07) is 5.59. The van der Waals surface area contributed by atoms with E-state index in [0.29, 0.717) is 25.9 Å². The molecule has 1 fully saturated rings. The van der Waals surface area contributed by atoms with Crippen molar-refractivity contribution in [3.63, 3.8) is 0 Å². The number of benzene rings is 1. The minimum atomic E-state index is -4.34. The van der Waals surface area contributed by atoms with Gasteiger partial charge in [0.25, 0.3) is 0 Å². The predicted octanol–water partition coefficient (Wildman–Crippen LogP) is 3.84. The van der Waals surface area contributed by atoms with E-state index >= 15 is 0 Å². The first kappa shape index (κ1) is 16.2. The number of thioether (sulfide) groups is 1. The van der Waals surface area contributed by atoms with Crippen LogP contribution < -0.4 is 0 Å². The minimum Gasteiger partial charge on any atom is -0.670 e. The average Bonchev–Trinajstić information content (AvgIpc) is 2.47. The summed E-state index contributed by atoms with van der Waals surface area (Å²) < 4.78 is 38.8. The van der Waals surface area contributed by atoms with E-state index in [4.69, 9.17) is 5.73 Å². The molecule has 0 radical (unpaired) electrons. The number of halogens is 3. The van der Waals surface area contributed by atoms with Gasteiger partial charge in [-0.3, -0.25) is 4.79 Å². The number of hydrogen-bond donors (Lipinski definition) is 0. The van der Waals surface area contributed by atoms with E-state index in [9.17, 15) is 18.0 Å². The zero-order valence-corrected chi connectivity index (χ0v) is 12.1. The van der Waals surface area contributed by atoms with Crippen molar-refractivity contribution < 1.29 is 18.0 Å². The van der Waals surface area contributed by atoms with Crippen molar-refractivity contribution in [1.29, 1.82) is 0 Å². The van der Waals surface area contributed by atoms with E-state index in [1.165, 1.54) is 23.9 Å². The van der Waals surface area contributed by atoms with Gasteiger partial charge in [0.1, 0.15) is 0 Å². The lowest BCUT2D eigenvalue weighted by Gasteiger charge is -2.32. The second-order valence-electron chi connectivity index (χ2n) is 4.87. The van der Waals surface area contributed by atoms with Gasteiger partial charge in [0.2, 0.25) is 5.91 Å². The summed E-state index contributed by atoms with van der Waals surface area (Å²) in [5.41, 5.74) is 6.45. The molecule has 7 heteroatoms. The Hall–Kier alpha value is -1.21. The Bertz CT molecular complexity index is 499. The molecule has 116 valence electrons. The molecule has 0 saturated carbocycles. The normalized spacial score (nSPS) is 17.0. The standard InChI is InChI=1S/C14H16F3N2OS/c15-14(16,17)11-3-1-2-4-12(11)21-10-5-7-19(8-6-10)13(20)9-18/h1-4,10,18H,5-9H2/q-1. The highest BCUT2D eigenvalue weighted by atomic mass is 32.2. The van der Waals surface area contributed by atoms with Gasteiger partial charge in [-0.15, -0.1) is 11.8 Å². The van der Waals surface area contributed by atoms with Crippen LogP contribution in [0.25, 0.3) is 5.73 Å². The molecule has 1 N–H and O–H groups in total. The number of alkyl halides is 3. The summed E-state index contributed by atoms with van der Waals surface area (Å²) in [6.07, 6.45) is -3.03. The SMILES string of the molecule is [NH-]CC(=O)N1CCC(Sc2ccccc2C(F)(F)F)CC1. The highest BCUT2D eigenvalue weighted by Gasteiger charge is 2.34. The molecule has 0 bridgehead atoms. The monoisotopic (exact) mass is 317 g/mol. The molecule has 0 spiro atoms. The quantitative estimate of drug-likeness (QED) is 0.850. The van der Waals surface area contributed by atoms with Crippen molar-refractivity contribution in [2.75, 3.05) is 19.6 Å². The van der Waals surface area contributed by atoms with E-state index in [1.807, 2.05) is 0 Å². The van der Waals surface area contributed by atoms with Crippen LogP contribution in [0, 0.1) is 0 Å². The molecule has 0 aliphatic carbocycles. The number of nitrogens with zero attached hydrogens (tertiary/aromatic N) is 1. The molecular weight excluding hydrogens is 301 g/mol. The molecule has 21 heavy (non-hydrogen) atoms. The van der Waals surface area contributed by atoms with Crippen molar-refractivity contribution in [2.24, 2.45) is 0 Å². The van der Waals surface area contributed by atoms with Crippen LogP contribution in [0.15, 0.2) is 29.2 Å². The summed E-state index contributed by atoms with van der Waals surface area (Å²) in [5, 5.41) is 0.0725. The Morgan fingerprint density at radius 1 is 1.29 bits per heavy atom. The fourth-order valence-corrected chi connectivity index (χ4v) is 3.59. The maximum Gasteiger partial charge on any atom is 0.417 e. The number of piperidine rings is 1. The summed E-state index contributed by atoms with van der Waals surface area (Å²) >= 11 is 1.23. The third-order valence-corrected chi connectivity index (χ3v) is 4.85. The number of hydrogen-bond acceptors (Lipinski definition) is 2. The lowest BCUT2D eigenvalue weighted by atomic mass is 10.1. The Labute approximate surface area is 125 Å². The fourth-order valence-electron chi connectivity index (χ4n) is 2.32. The first-order valence-electron chi connectivity index (χ1n) is 6.67. The highest BCUT2D eigenvalue weighted by Crippen LogP contribution is 2.39. The van der Waals surface area contributed by atoms with Gasteiger partial charge < -0.3 is 10.6 Å². The summed E-state index contributed by atoms with van der Waals surface area (Å²) in [5.74, 6) is -0.214. The lowest BCUT2D eigenvalue weighted by molar-refractivity contribution is -0.139. The van der Waals surface area contributed by atoms with Gasteiger partial charge in [0, 0.05) is 23.2 Å². The maximum atomic E-state index is 12.9. The summed E-state index contributed by atoms with van der Waals surface area (Å²) in [4.78, 5) is 13.3. The van der Waals surface area contributed by atoms with Crippen LogP contribution >= 0.6 is 11.8 Å². The van der Waals surface area contributed by atoms with Crippen LogP contribution in [0.4, 0.5) is 13.2 Å². The second kappa shape index (κ2) is 6.70. The molecular formula is C14H16F3N2OS-. The van der Waals surface area contributed by atoms with Gasteiger partial charge in [-0.05, 0) is 25.0 Å². The van der Waals surface area contributed by atoms with Gasteiger partial charge in [-0.25, -0.2) is 0 Å². The van der Waals surface area contributed by atoms with Crippen LogP contribution in [0.2, 0.25) is 0 Å². The number of carbonyl (C=O) groups excluding carboxylic acids is 1. The average molecular weight is 317 g/mol. The fraction of sp³-hybridized carbons (Fsp3) is 0.500. The molecule has 2 rings (SSSR count). The number of likely N-dealkylation sites (tertiary alicyclic amines) is 1. The molecule has 1 aromatic carbocycles. The van der Waals surface area contributed by atoms with Crippen LogP contribution in [-0.4, -0.2) is 35.7 Å². The van der Waals surface area contributed by atoms with Crippen molar-refractivity contribution in [3.8, 4) is 0 Å². The van der Waals surface area contributed by atoms with Crippen molar-refractivity contribution in [3.05, 3.63) is 35.6 Å². The van der Waals surface area contributed by atoms with Crippen LogP contribution in [0.3, 0.4) is 0 Å². The van der Waals surface area contributed by atoms with Crippen molar-refractivity contribution >= 4 is 17.7 Å². The third-order valence-electron chi connectivity index (χ3n) is 3.43. The molecule has 1 saturated heterocycles. The van der Waals surface area contributed by atoms with Crippen molar-refractivity contribution in [2.45, 2.75) is 29.2 Å². The molecule has 1 aliphatic heterocycles. The summed E-state index contributed by atoms with van der Waals surface area (Å²) in [7, 11) is 0. The number of amides is 1.